The predicted molar refractivity (Wildman–Crippen MR) is 82.7 cm³/mol. The molecule has 0 amide bonds. The highest BCUT2D eigenvalue weighted by Gasteiger charge is 2.08. The Morgan fingerprint density at radius 1 is 1.05 bits per heavy atom. The number of nitrogens with one attached hydrogen (secondary N) is 2. The van der Waals surface area contributed by atoms with Crippen molar-refractivity contribution in [2.75, 3.05) is 23.7 Å². The molecule has 1 rings (SSSR count). The fourth-order valence-corrected chi connectivity index (χ4v) is 1.70. The molecule has 4 nitrogen and oxygen atoms in total. The predicted octanol–water partition coefficient (Wildman–Crippen LogP) is 3.56. The summed E-state index contributed by atoms with van der Waals surface area (Å²) in [6.07, 6.45) is 1.99. The van der Waals surface area contributed by atoms with Crippen molar-refractivity contribution in [2.24, 2.45) is 11.8 Å². The summed E-state index contributed by atoms with van der Waals surface area (Å²) < 4.78 is 0. The summed E-state index contributed by atoms with van der Waals surface area (Å²) in [4.78, 5) is 9.09. The molecule has 1 unspecified atom stereocenters. The Labute approximate surface area is 117 Å². The molecule has 19 heavy (non-hydrogen) atoms. The number of rotatable bonds is 8. The molecule has 0 aliphatic heterocycles. The number of nitrogens with zero attached hydrogens (tertiary/aromatic N) is 2. The highest BCUT2D eigenvalue weighted by Crippen LogP contribution is 2.15. The Kier molecular flexibility index (Phi) is 6.60. The molecule has 0 bridgehead atoms. The van der Waals surface area contributed by atoms with Crippen LogP contribution in [0.3, 0.4) is 0 Å². The topological polar surface area (TPSA) is 49.8 Å². The van der Waals surface area contributed by atoms with Gasteiger partial charge in [0.05, 0.1) is 0 Å². The van der Waals surface area contributed by atoms with Crippen LogP contribution in [0.1, 0.15) is 46.9 Å². The summed E-state index contributed by atoms with van der Waals surface area (Å²) >= 11 is 0. The molecule has 0 saturated heterocycles. The van der Waals surface area contributed by atoms with E-state index in [4.69, 9.17) is 0 Å². The lowest BCUT2D eigenvalue weighted by Gasteiger charge is -2.17. The van der Waals surface area contributed by atoms with E-state index in [1.54, 1.807) is 0 Å². The third-order valence-corrected chi connectivity index (χ3v) is 3.35. The van der Waals surface area contributed by atoms with Crippen molar-refractivity contribution in [3.63, 3.8) is 0 Å². The minimum Gasteiger partial charge on any atom is -0.370 e. The second-order valence-electron chi connectivity index (χ2n) is 5.44. The van der Waals surface area contributed by atoms with Crippen LogP contribution in [0.25, 0.3) is 0 Å². The molecule has 0 aliphatic carbocycles. The van der Waals surface area contributed by atoms with E-state index in [0.29, 0.717) is 11.8 Å². The molecule has 4 heteroatoms. The van der Waals surface area contributed by atoms with Gasteiger partial charge in [0.25, 0.3) is 0 Å². The van der Waals surface area contributed by atoms with Crippen molar-refractivity contribution < 1.29 is 0 Å². The molecule has 0 aliphatic rings. The molecular weight excluding hydrogens is 236 g/mol. The van der Waals surface area contributed by atoms with E-state index in [1.807, 2.05) is 6.07 Å². The Balaban J connectivity index is 2.74. The third kappa shape index (κ3) is 5.45. The van der Waals surface area contributed by atoms with Gasteiger partial charge in [-0.15, -0.1) is 0 Å². The van der Waals surface area contributed by atoms with Gasteiger partial charge in [-0.25, -0.2) is 9.97 Å². The normalized spacial score (nSPS) is 12.5. The maximum Gasteiger partial charge on any atom is 0.133 e. The molecule has 0 spiro atoms. The summed E-state index contributed by atoms with van der Waals surface area (Å²) in [6.45, 7) is 12.8. The number of hydrogen-bond acceptors (Lipinski definition) is 4. The van der Waals surface area contributed by atoms with Crippen molar-refractivity contribution >= 4 is 11.6 Å². The monoisotopic (exact) mass is 264 g/mol. The van der Waals surface area contributed by atoms with Gasteiger partial charge < -0.3 is 10.6 Å². The van der Waals surface area contributed by atoms with Crippen molar-refractivity contribution in [3.05, 3.63) is 11.9 Å². The lowest BCUT2D eigenvalue weighted by Crippen LogP contribution is -2.17. The third-order valence-electron chi connectivity index (χ3n) is 3.35. The van der Waals surface area contributed by atoms with Crippen LogP contribution in [0.2, 0.25) is 0 Å². The van der Waals surface area contributed by atoms with E-state index in [2.05, 4.69) is 55.2 Å². The van der Waals surface area contributed by atoms with Crippen molar-refractivity contribution in [3.8, 4) is 0 Å². The largest absolute Gasteiger partial charge is 0.370 e. The molecule has 1 aromatic rings. The molecule has 0 radical (unpaired) electrons. The van der Waals surface area contributed by atoms with E-state index in [-0.39, 0.29) is 0 Å². The Morgan fingerprint density at radius 3 is 2.21 bits per heavy atom. The van der Waals surface area contributed by atoms with Gasteiger partial charge in [-0.05, 0) is 25.2 Å². The first-order valence-corrected chi connectivity index (χ1v) is 7.42. The van der Waals surface area contributed by atoms with Crippen LogP contribution in [-0.4, -0.2) is 23.1 Å². The summed E-state index contributed by atoms with van der Waals surface area (Å²) in [5.41, 5.74) is 0. The zero-order valence-electron chi connectivity index (χ0n) is 13.0. The van der Waals surface area contributed by atoms with Gasteiger partial charge >= 0.3 is 0 Å². The van der Waals surface area contributed by atoms with Gasteiger partial charge in [0.15, 0.2) is 0 Å². The highest BCUT2D eigenvalue weighted by atomic mass is 15.1. The van der Waals surface area contributed by atoms with Crippen LogP contribution in [0.4, 0.5) is 11.6 Å². The molecule has 0 saturated carbocycles. The van der Waals surface area contributed by atoms with Gasteiger partial charge in [-0.3, -0.25) is 0 Å². The summed E-state index contributed by atoms with van der Waals surface area (Å²) in [5.74, 6) is 4.08. The quantitative estimate of drug-likeness (QED) is 0.753. The Morgan fingerprint density at radius 2 is 1.68 bits per heavy atom. The Hall–Kier alpha value is -1.32. The number of aromatic nitrogens is 2. The second-order valence-corrected chi connectivity index (χ2v) is 5.44. The molecule has 1 aromatic heterocycles. The van der Waals surface area contributed by atoms with Gasteiger partial charge in [0.2, 0.25) is 0 Å². The van der Waals surface area contributed by atoms with E-state index in [9.17, 15) is 0 Å². The fourth-order valence-electron chi connectivity index (χ4n) is 1.70. The first-order chi connectivity index (χ1) is 9.06. The first-order valence-electron chi connectivity index (χ1n) is 7.42. The number of anilines is 2. The summed E-state index contributed by atoms with van der Waals surface area (Å²) in [6, 6.07) is 2.00. The van der Waals surface area contributed by atoms with E-state index < -0.39 is 0 Å². The minimum atomic E-state index is 0.632. The van der Waals surface area contributed by atoms with Crippen molar-refractivity contribution in [1.29, 1.82) is 0 Å². The van der Waals surface area contributed by atoms with Crippen LogP contribution >= 0.6 is 0 Å². The smallest absolute Gasteiger partial charge is 0.133 e. The maximum atomic E-state index is 4.57. The SMILES string of the molecule is CCCc1nc(NCC)cc(NCC(C)C(C)C)n1. The lowest BCUT2D eigenvalue weighted by molar-refractivity contribution is 0.439. The van der Waals surface area contributed by atoms with Crippen LogP contribution in [0.15, 0.2) is 6.07 Å². The minimum absolute atomic E-state index is 0.632. The summed E-state index contributed by atoms with van der Waals surface area (Å²) in [5, 5.41) is 6.70. The van der Waals surface area contributed by atoms with Gasteiger partial charge in [-0.2, -0.15) is 0 Å². The van der Waals surface area contributed by atoms with Gasteiger partial charge in [0.1, 0.15) is 17.5 Å². The fraction of sp³-hybridized carbons (Fsp3) is 0.733. The average Bonchev–Trinajstić information content (AvgIpc) is 2.36. The first kappa shape index (κ1) is 15.7. The summed E-state index contributed by atoms with van der Waals surface area (Å²) in [7, 11) is 0. The molecule has 108 valence electrons. The molecule has 1 atom stereocenters. The lowest BCUT2D eigenvalue weighted by atomic mass is 9.98. The van der Waals surface area contributed by atoms with Crippen molar-refractivity contribution in [1.82, 2.24) is 9.97 Å². The second kappa shape index (κ2) is 7.97. The molecule has 2 N–H and O–H groups in total. The van der Waals surface area contributed by atoms with E-state index >= 15 is 0 Å². The standard InChI is InChI=1S/C15H28N4/c1-6-8-13-18-14(16-7-2)9-15(19-13)17-10-12(5)11(3)4/h9,11-12H,6-8,10H2,1-5H3,(H2,16,17,18,19). The number of hydrogen-bond donors (Lipinski definition) is 2. The van der Waals surface area contributed by atoms with Crippen LogP contribution in [-0.2, 0) is 6.42 Å². The zero-order valence-corrected chi connectivity index (χ0v) is 13.0. The highest BCUT2D eigenvalue weighted by molar-refractivity contribution is 5.47. The average molecular weight is 264 g/mol. The van der Waals surface area contributed by atoms with Crippen LogP contribution in [0.5, 0.6) is 0 Å². The molecule has 0 aromatic carbocycles. The molecule has 1 heterocycles. The zero-order chi connectivity index (χ0) is 14.3. The van der Waals surface area contributed by atoms with Crippen LogP contribution < -0.4 is 10.6 Å². The van der Waals surface area contributed by atoms with Crippen molar-refractivity contribution in [2.45, 2.75) is 47.5 Å². The Bertz CT molecular complexity index is 352. The van der Waals surface area contributed by atoms with Gasteiger partial charge in [-0.1, -0.05) is 27.7 Å². The van der Waals surface area contributed by atoms with E-state index in [0.717, 1.165) is 43.4 Å². The van der Waals surface area contributed by atoms with E-state index in [1.165, 1.54) is 0 Å². The van der Waals surface area contributed by atoms with Gasteiger partial charge in [0, 0.05) is 25.6 Å². The molecule has 0 fully saturated rings. The number of aryl methyl sites for hydroxylation is 1. The maximum absolute atomic E-state index is 4.57. The molecular formula is C15H28N4. The van der Waals surface area contributed by atoms with Crippen LogP contribution in [0, 0.1) is 11.8 Å².